The van der Waals surface area contributed by atoms with Crippen LogP contribution in [0.15, 0.2) is 0 Å². The van der Waals surface area contributed by atoms with Gasteiger partial charge in [-0.15, -0.1) is 0 Å². The molecule has 0 radical (unpaired) electrons. The maximum Gasteiger partial charge on any atom is 0.329 e. The van der Waals surface area contributed by atoms with Gasteiger partial charge in [-0.3, -0.25) is 4.79 Å². The van der Waals surface area contributed by atoms with Crippen molar-refractivity contribution in [2.45, 2.75) is 32.6 Å². The number of rotatable bonds is 9. The summed E-state index contributed by atoms with van der Waals surface area (Å²) in [5, 5.41) is 8.23. The number of carboxylic acid groups (broad SMARTS) is 1. The van der Waals surface area contributed by atoms with Crippen LogP contribution >= 0.6 is 0 Å². The van der Waals surface area contributed by atoms with Gasteiger partial charge in [-0.2, -0.15) is 0 Å². The quantitative estimate of drug-likeness (QED) is 0.465. The molecule has 0 aromatic rings. The van der Waals surface area contributed by atoms with Crippen LogP contribution in [0.25, 0.3) is 0 Å². The van der Waals surface area contributed by atoms with Gasteiger partial charge in [0.05, 0.1) is 6.61 Å². The summed E-state index contributed by atoms with van der Waals surface area (Å²) in [5.74, 6) is -1.27. The van der Waals surface area contributed by atoms with Gasteiger partial charge in [0.2, 0.25) is 0 Å². The van der Waals surface area contributed by atoms with E-state index >= 15 is 0 Å². The van der Waals surface area contributed by atoms with Crippen LogP contribution < -0.4 is 0 Å². The predicted molar refractivity (Wildman–Crippen MR) is 53.6 cm³/mol. The summed E-state index contributed by atoms with van der Waals surface area (Å²) in [6.07, 6.45) is 3.34. The first-order chi connectivity index (χ1) is 7.16. The number of ether oxygens (including phenoxy) is 2. The van der Waals surface area contributed by atoms with Gasteiger partial charge in [-0.1, -0.05) is 19.8 Å². The van der Waals surface area contributed by atoms with Crippen molar-refractivity contribution in [3.63, 3.8) is 0 Å². The maximum atomic E-state index is 11.0. The fourth-order valence-electron chi connectivity index (χ4n) is 0.965. The molecule has 0 aliphatic carbocycles. The largest absolute Gasteiger partial charge is 0.480 e. The Morgan fingerprint density at radius 1 is 1.20 bits per heavy atom. The Morgan fingerprint density at radius 3 is 2.53 bits per heavy atom. The molecule has 5 nitrogen and oxygen atoms in total. The number of unbranched alkanes of at least 4 members (excludes halogenated alkanes) is 2. The van der Waals surface area contributed by atoms with Gasteiger partial charge in [0.25, 0.3) is 0 Å². The highest BCUT2D eigenvalue weighted by atomic mass is 16.6. The fourth-order valence-corrected chi connectivity index (χ4v) is 0.965. The smallest absolute Gasteiger partial charge is 0.329 e. The Balaban J connectivity index is 3.20. The summed E-state index contributed by atoms with van der Waals surface area (Å²) in [4.78, 5) is 21.1. The lowest BCUT2D eigenvalue weighted by Gasteiger charge is -2.04. The lowest BCUT2D eigenvalue weighted by molar-refractivity contribution is -0.147. The van der Waals surface area contributed by atoms with E-state index in [2.05, 4.69) is 6.92 Å². The van der Waals surface area contributed by atoms with Crippen LogP contribution in [0.5, 0.6) is 0 Å². The number of aliphatic carboxylic acids is 1. The summed E-state index contributed by atoms with van der Waals surface area (Å²) in [6, 6.07) is 0. The van der Waals surface area contributed by atoms with Crippen LogP contribution in [0.2, 0.25) is 0 Å². The van der Waals surface area contributed by atoms with E-state index in [0.29, 0.717) is 6.42 Å². The molecule has 0 atom stereocenters. The molecule has 0 rings (SSSR count). The summed E-state index contributed by atoms with van der Waals surface area (Å²) in [7, 11) is 0. The van der Waals surface area contributed by atoms with E-state index in [1.807, 2.05) is 0 Å². The third-order valence-electron chi connectivity index (χ3n) is 1.70. The minimum absolute atomic E-state index is 0.123. The van der Waals surface area contributed by atoms with Crippen molar-refractivity contribution in [3.05, 3.63) is 0 Å². The molecule has 0 bridgehead atoms. The Hall–Kier alpha value is -1.10. The summed E-state index contributed by atoms with van der Waals surface area (Å²) < 4.78 is 9.51. The van der Waals surface area contributed by atoms with Crippen molar-refractivity contribution in [2.24, 2.45) is 0 Å². The molecule has 0 aliphatic heterocycles. The monoisotopic (exact) mass is 218 g/mol. The van der Waals surface area contributed by atoms with E-state index in [1.54, 1.807) is 0 Å². The Bertz CT molecular complexity index is 190. The van der Waals surface area contributed by atoms with Crippen LogP contribution in [0.1, 0.15) is 32.6 Å². The molecule has 0 saturated carbocycles. The molecule has 0 aromatic carbocycles. The SMILES string of the molecule is CCCCCC(=O)OCCOCC(=O)O. The first kappa shape index (κ1) is 13.9. The third kappa shape index (κ3) is 10.8. The highest BCUT2D eigenvalue weighted by Gasteiger charge is 2.02. The molecule has 0 aromatic heterocycles. The van der Waals surface area contributed by atoms with Gasteiger partial charge in [0, 0.05) is 6.42 Å². The summed E-state index contributed by atoms with van der Waals surface area (Å²) >= 11 is 0. The van der Waals surface area contributed by atoms with Crippen LogP contribution in [-0.2, 0) is 19.1 Å². The number of esters is 1. The van der Waals surface area contributed by atoms with E-state index < -0.39 is 5.97 Å². The second-order valence-corrected chi connectivity index (χ2v) is 3.12. The fraction of sp³-hybridized carbons (Fsp3) is 0.800. The number of hydrogen-bond donors (Lipinski definition) is 1. The third-order valence-corrected chi connectivity index (χ3v) is 1.70. The number of carbonyl (C=O) groups excluding carboxylic acids is 1. The van der Waals surface area contributed by atoms with E-state index in [4.69, 9.17) is 14.6 Å². The molecule has 5 heteroatoms. The Labute approximate surface area is 89.4 Å². The number of carboxylic acids is 1. The molecule has 0 fully saturated rings. The van der Waals surface area contributed by atoms with Crippen molar-refractivity contribution >= 4 is 11.9 Å². The minimum atomic E-state index is -1.02. The molecule has 0 unspecified atom stereocenters. The van der Waals surface area contributed by atoms with Gasteiger partial charge in [-0.25, -0.2) is 4.79 Å². The highest BCUT2D eigenvalue weighted by molar-refractivity contribution is 5.69. The number of hydrogen-bond acceptors (Lipinski definition) is 4. The molecule has 0 amide bonds. The molecular weight excluding hydrogens is 200 g/mol. The Morgan fingerprint density at radius 2 is 1.93 bits per heavy atom. The van der Waals surface area contributed by atoms with Crippen LogP contribution in [0.3, 0.4) is 0 Å². The predicted octanol–water partition coefficient (Wildman–Crippen LogP) is 1.21. The van der Waals surface area contributed by atoms with E-state index in [9.17, 15) is 9.59 Å². The van der Waals surface area contributed by atoms with Crippen molar-refractivity contribution < 1.29 is 24.2 Å². The first-order valence-corrected chi connectivity index (χ1v) is 5.12. The number of carbonyl (C=O) groups is 2. The van der Waals surface area contributed by atoms with Gasteiger partial charge in [0.1, 0.15) is 13.2 Å². The van der Waals surface area contributed by atoms with Crippen molar-refractivity contribution in [1.29, 1.82) is 0 Å². The van der Waals surface area contributed by atoms with Gasteiger partial charge in [0.15, 0.2) is 0 Å². The standard InChI is InChI=1S/C10H18O5/c1-2-3-4-5-10(13)15-7-6-14-8-9(11)12/h2-8H2,1H3,(H,11,12). The molecule has 88 valence electrons. The molecule has 0 heterocycles. The molecular formula is C10H18O5. The molecule has 0 spiro atoms. The van der Waals surface area contributed by atoms with Gasteiger partial charge < -0.3 is 14.6 Å². The van der Waals surface area contributed by atoms with Crippen LogP contribution in [0, 0.1) is 0 Å². The Kier molecular flexibility index (Phi) is 8.76. The van der Waals surface area contributed by atoms with Gasteiger partial charge >= 0.3 is 11.9 Å². The van der Waals surface area contributed by atoms with E-state index in [-0.39, 0.29) is 25.8 Å². The van der Waals surface area contributed by atoms with Crippen molar-refractivity contribution in [3.8, 4) is 0 Å². The van der Waals surface area contributed by atoms with Crippen molar-refractivity contribution in [1.82, 2.24) is 0 Å². The average molecular weight is 218 g/mol. The highest BCUT2D eigenvalue weighted by Crippen LogP contribution is 2.00. The summed E-state index contributed by atoms with van der Waals surface area (Å²) in [5.41, 5.74) is 0. The molecule has 1 N–H and O–H groups in total. The zero-order valence-corrected chi connectivity index (χ0v) is 9.03. The van der Waals surface area contributed by atoms with Crippen LogP contribution in [-0.4, -0.2) is 36.9 Å². The van der Waals surface area contributed by atoms with Gasteiger partial charge in [-0.05, 0) is 6.42 Å². The summed E-state index contributed by atoms with van der Waals surface area (Å²) in [6.45, 7) is 1.96. The van der Waals surface area contributed by atoms with E-state index in [1.165, 1.54) is 0 Å². The second kappa shape index (κ2) is 9.45. The molecule has 0 saturated heterocycles. The minimum Gasteiger partial charge on any atom is -0.480 e. The van der Waals surface area contributed by atoms with Crippen molar-refractivity contribution in [2.75, 3.05) is 19.8 Å². The zero-order valence-electron chi connectivity index (χ0n) is 9.03. The first-order valence-electron chi connectivity index (χ1n) is 5.12. The average Bonchev–Trinajstić information content (AvgIpc) is 2.17. The lowest BCUT2D eigenvalue weighted by Crippen LogP contribution is -2.14. The topological polar surface area (TPSA) is 72.8 Å². The second-order valence-electron chi connectivity index (χ2n) is 3.12. The van der Waals surface area contributed by atoms with Crippen LogP contribution in [0.4, 0.5) is 0 Å². The van der Waals surface area contributed by atoms with E-state index in [0.717, 1.165) is 19.3 Å². The lowest BCUT2D eigenvalue weighted by atomic mass is 10.2. The normalized spacial score (nSPS) is 9.93. The molecule has 0 aliphatic rings. The molecule has 15 heavy (non-hydrogen) atoms. The zero-order chi connectivity index (χ0) is 11.5. The maximum absolute atomic E-state index is 11.0.